The van der Waals surface area contributed by atoms with Gasteiger partial charge in [0.25, 0.3) is 0 Å². The monoisotopic (exact) mass is 408 g/mol. The number of sulfonamides is 1. The summed E-state index contributed by atoms with van der Waals surface area (Å²) in [7, 11) is -3.52. The molecule has 3 fully saturated rings. The summed E-state index contributed by atoms with van der Waals surface area (Å²) in [5.41, 5.74) is 0. The summed E-state index contributed by atoms with van der Waals surface area (Å²) < 4.78 is 28.7. The number of nitrogens with zero attached hydrogens (tertiary/aromatic N) is 3. The van der Waals surface area contributed by atoms with Crippen LogP contribution in [-0.4, -0.2) is 47.5 Å². The number of carbonyl (C=O) groups excluding carboxylic acids is 1. The fraction of sp³-hybridized carbons (Fsp3) is 0.800. The Morgan fingerprint density at radius 2 is 2.00 bits per heavy atom. The molecule has 0 spiro atoms. The Hall–Kier alpha value is -1.41. The summed E-state index contributed by atoms with van der Waals surface area (Å²) in [6.07, 6.45) is 9.43. The summed E-state index contributed by atoms with van der Waals surface area (Å²) in [6, 6.07) is 0.226. The van der Waals surface area contributed by atoms with Crippen molar-refractivity contribution < 1.29 is 13.2 Å². The minimum Gasteiger partial charge on any atom is -0.353 e. The van der Waals surface area contributed by atoms with Crippen molar-refractivity contribution in [3.63, 3.8) is 0 Å². The third-order valence-electron chi connectivity index (χ3n) is 7.20. The van der Waals surface area contributed by atoms with E-state index in [1.54, 1.807) is 10.9 Å². The van der Waals surface area contributed by atoms with Crippen LogP contribution < -0.4 is 5.32 Å². The van der Waals surface area contributed by atoms with Crippen LogP contribution in [0.4, 0.5) is 0 Å². The van der Waals surface area contributed by atoms with Crippen molar-refractivity contribution in [3.05, 3.63) is 12.4 Å². The lowest BCUT2D eigenvalue weighted by Gasteiger charge is -2.33. The van der Waals surface area contributed by atoms with Crippen LogP contribution in [0.3, 0.4) is 0 Å². The van der Waals surface area contributed by atoms with Crippen LogP contribution in [0.2, 0.25) is 0 Å². The Labute approximate surface area is 167 Å². The van der Waals surface area contributed by atoms with Crippen molar-refractivity contribution in [2.75, 3.05) is 13.1 Å². The maximum absolute atomic E-state index is 12.8. The number of hydrogen-bond donors (Lipinski definition) is 1. The van der Waals surface area contributed by atoms with Gasteiger partial charge in [0, 0.05) is 37.8 Å². The lowest BCUT2D eigenvalue weighted by molar-refractivity contribution is -0.127. The van der Waals surface area contributed by atoms with Crippen molar-refractivity contribution >= 4 is 15.9 Å². The predicted molar refractivity (Wildman–Crippen MR) is 106 cm³/mol. The molecule has 0 aromatic carbocycles. The van der Waals surface area contributed by atoms with Crippen LogP contribution in [0.5, 0.6) is 0 Å². The molecule has 1 aromatic heterocycles. The topological polar surface area (TPSA) is 84.3 Å². The van der Waals surface area contributed by atoms with Crippen LogP contribution in [0, 0.1) is 23.7 Å². The molecule has 1 saturated heterocycles. The number of nitrogens with one attached hydrogen (secondary N) is 1. The first-order chi connectivity index (χ1) is 13.4. The highest BCUT2D eigenvalue weighted by atomic mass is 32.2. The second-order valence-electron chi connectivity index (χ2n) is 8.85. The molecular weight excluding hydrogens is 376 g/mol. The molecule has 1 aliphatic heterocycles. The van der Waals surface area contributed by atoms with Crippen molar-refractivity contribution in [2.24, 2.45) is 23.7 Å². The van der Waals surface area contributed by atoms with Gasteiger partial charge in [-0.25, -0.2) is 8.42 Å². The predicted octanol–water partition coefficient (Wildman–Crippen LogP) is 2.24. The van der Waals surface area contributed by atoms with E-state index in [0.29, 0.717) is 38.4 Å². The molecule has 0 unspecified atom stereocenters. The molecule has 156 valence electrons. The molecule has 7 nitrogen and oxygen atoms in total. The third-order valence-corrected chi connectivity index (χ3v) is 9.05. The van der Waals surface area contributed by atoms with E-state index in [1.165, 1.54) is 36.2 Å². The van der Waals surface area contributed by atoms with Gasteiger partial charge in [-0.15, -0.1) is 0 Å². The van der Waals surface area contributed by atoms with Crippen molar-refractivity contribution in [1.29, 1.82) is 0 Å². The van der Waals surface area contributed by atoms with E-state index in [-0.39, 0.29) is 22.8 Å². The number of rotatable bonds is 6. The first-order valence-electron chi connectivity index (χ1n) is 10.7. The van der Waals surface area contributed by atoms with Crippen LogP contribution in [0.1, 0.15) is 52.4 Å². The molecule has 1 amide bonds. The molecule has 8 heteroatoms. The van der Waals surface area contributed by atoms with Crippen molar-refractivity contribution in [1.82, 2.24) is 19.4 Å². The Kier molecular flexibility index (Phi) is 5.53. The lowest BCUT2D eigenvalue weighted by atomic mass is 9.83. The van der Waals surface area contributed by atoms with E-state index in [0.717, 1.165) is 11.8 Å². The zero-order valence-electron chi connectivity index (χ0n) is 16.9. The average Bonchev–Trinajstić information content (AvgIpc) is 3.44. The van der Waals surface area contributed by atoms with Gasteiger partial charge < -0.3 is 5.32 Å². The van der Waals surface area contributed by atoms with Gasteiger partial charge in [-0.05, 0) is 63.7 Å². The second-order valence-corrected chi connectivity index (χ2v) is 10.8. The Morgan fingerprint density at radius 1 is 1.25 bits per heavy atom. The summed E-state index contributed by atoms with van der Waals surface area (Å²) in [5.74, 6) is 2.30. The molecule has 1 aromatic rings. The number of piperidine rings is 1. The number of amides is 1. The van der Waals surface area contributed by atoms with Gasteiger partial charge in [0.05, 0.1) is 6.20 Å². The standard InChI is InChI=1S/C20H32N4O3S/c1-3-23-13-18(12-21-23)28(26,27)24-8-6-16(7-9-24)20(25)22-14(2)19-11-15-4-5-17(19)10-15/h12-17,19H,3-11H2,1-2H3,(H,22,25)/t14-,15-,17-,19-/m0/s1. The number of aromatic nitrogens is 2. The van der Waals surface area contributed by atoms with Gasteiger partial charge >= 0.3 is 0 Å². The third kappa shape index (κ3) is 3.73. The van der Waals surface area contributed by atoms with E-state index >= 15 is 0 Å². The molecule has 2 aliphatic carbocycles. The van der Waals surface area contributed by atoms with E-state index in [9.17, 15) is 13.2 Å². The van der Waals surface area contributed by atoms with Crippen LogP contribution in [0.25, 0.3) is 0 Å². The number of aryl methyl sites for hydroxylation is 1. The minimum absolute atomic E-state index is 0.0918. The lowest BCUT2D eigenvalue weighted by Crippen LogP contribution is -2.47. The number of fused-ring (bicyclic) bond motifs is 2. The molecular formula is C20H32N4O3S. The quantitative estimate of drug-likeness (QED) is 0.782. The Morgan fingerprint density at radius 3 is 2.57 bits per heavy atom. The second kappa shape index (κ2) is 7.78. The SMILES string of the molecule is CCn1cc(S(=O)(=O)N2CCC(C(=O)N[C@@H](C)[C@@H]3C[C@H]4CC[C@H]3C4)CC2)cn1. The molecule has 3 aliphatic rings. The van der Waals surface area contributed by atoms with Crippen LogP contribution >= 0.6 is 0 Å². The Bertz CT molecular complexity index is 813. The summed E-state index contributed by atoms with van der Waals surface area (Å²) in [4.78, 5) is 13.0. The summed E-state index contributed by atoms with van der Waals surface area (Å²) >= 11 is 0. The van der Waals surface area contributed by atoms with Crippen molar-refractivity contribution in [2.45, 2.75) is 69.9 Å². The maximum Gasteiger partial charge on any atom is 0.246 e. The molecule has 0 radical (unpaired) electrons. The molecule has 4 atom stereocenters. The maximum atomic E-state index is 12.8. The molecule has 2 bridgehead atoms. The fourth-order valence-electron chi connectivity index (χ4n) is 5.51. The number of hydrogen-bond acceptors (Lipinski definition) is 4. The van der Waals surface area contributed by atoms with Gasteiger partial charge in [-0.1, -0.05) is 6.42 Å². The number of carbonyl (C=O) groups is 1. The zero-order chi connectivity index (χ0) is 19.9. The van der Waals surface area contributed by atoms with Crippen LogP contribution in [0.15, 0.2) is 17.3 Å². The van der Waals surface area contributed by atoms with Gasteiger partial charge in [-0.3, -0.25) is 9.48 Å². The highest BCUT2D eigenvalue weighted by Gasteiger charge is 2.42. The van der Waals surface area contributed by atoms with E-state index in [2.05, 4.69) is 17.3 Å². The molecule has 2 heterocycles. The van der Waals surface area contributed by atoms with Crippen LogP contribution in [-0.2, 0) is 21.4 Å². The zero-order valence-corrected chi connectivity index (χ0v) is 17.7. The van der Waals surface area contributed by atoms with Gasteiger partial charge in [0.2, 0.25) is 15.9 Å². The molecule has 2 saturated carbocycles. The largest absolute Gasteiger partial charge is 0.353 e. The minimum atomic E-state index is -3.52. The molecule has 1 N–H and O–H groups in total. The van der Waals surface area contributed by atoms with E-state index in [1.807, 2.05) is 6.92 Å². The average molecular weight is 409 g/mol. The normalized spacial score (nSPS) is 29.9. The summed E-state index contributed by atoms with van der Waals surface area (Å²) in [5, 5.41) is 7.32. The summed E-state index contributed by atoms with van der Waals surface area (Å²) in [6.45, 7) is 5.48. The first kappa shape index (κ1) is 19.9. The van der Waals surface area contributed by atoms with Gasteiger partial charge in [-0.2, -0.15) is 9.40 Å². The first-order valence-corrected chi connectivity index (χ1v) is 12.2. The van der Waals surface area contributed by atoms with Crippen molar-refractivity contribution in [3.8, 4) is 0 Å². The smallest absolute Gasteiger partial charge is 0.246 e. The molecule has 4 rings (SSSR count). The highest BCUT2D eigenvalue weighted by molar-refractivity contribution is 7.89. The molecule has 28 heavy (non-hydrogen) atoms. The highest BCUT2D eigenvalue weighted by Crippen LogP contribution is 2.49. The van der Waals surface area contributed by atoms with Gasteiger partial charge in [0.1, 0.15) is 4.90 Å². The van der Waals surface area contributed by atoms with Gasteiger partial charge in [0.15, 0.2) is 0 Å². The Balaban J connectivity index is 1.30. The van der Waals surface area contributed by atoms with E-state index in [4.69, 9.17) is 0 Å². The fourth-order valence-corrected chi connectivity index (χ4v) is 6.94. The van der Waals surface area contributed by atoms with E-state index < -0.39 is 10.0 Å².